The maximum absolute atomic E-state index is 13.3. The number of ether oxygens (including phenoxy) is 1. The van der Waals surface area contributed by atoms with Gasteiger partial charge in [-0.2, -0.15) is 0 Å². The van der Waals surface area contributed by atoms with Crippen molar-refractivity contribution in [1.82, 2.24) is 5.32 Å². The van der Waals surface area contributed by atoms with E-state index in [2.05, 4.69) is 12.2 Å². The number of hydrogen-bond acceptors (Lipinski definition) is 2. The van der Waals surface area contributed by atoms with Gasteiger partial charge in [0.15, 0.2) is 0 Å². The maximum Gasteiger partial charge on any atom is 0.123 e. The van der Waals surface area contributed by atoms with Gasteiger partial charge in [-0.3, -0.25) is 0 Å². The van der Waals surface area contributed by atoms with Gasteiger partial charge < -0.3 is 10.1 Å². The van der Waals surface area contributed by atoms with Crippen LogP contribution in [-0.4, -0.2) is 19.2 Å². The van der Waals surface area contributed by atoms with Crippen molar-refractivity contribution in [2.24, 2.45) is 0 Å². The van der Waals surface area contributed by atoms with Gasteiger partial charge in [0.25, 0.3) is 0 Å². The summed E-state index contributed by atoms with van der Waals surface area (Å²) >= 11 is 0. The lowest BCUT2D eigenvalue weighted by molar-refractivity contribution is -0.000143. The fourth-order valence-electron chi connectivity index (χ4n) is 2.51. The molecule has 2 rings (SSSR count). The summed E-state index contributed by atoms with van der Waals surface area (Å²) in [5.41, 5.74) is 2.11. The van der Waals surface area contributed by atoms with Crippen molar-refractivity contribution in [3.63, 3.8) is 0 Å². The third kappa shape index (κ3) is 3.30. The molecule has 3 heteroatoms. The Labute approximate surface area is 109 Å². The van der Waals surface area contributed by atoms with Crippen LogP contribution >= 0.6 is 0 Å². The predicted octanol–water partition coefficient (Wildman–Crippen LogP) is 3.35. The van der Waals surface area contributed by atoms with Crippen LogP contribution in [0.3, 0.4) is 0 Å². The Morgan fingerprint density at radius 2 is 2.28 bits per heavy atom. The molecule has 0 spiro atoms. The minimum Gasteiger partial charge on any atom is -0.373 e. The average Bonchev–Trinajstić information content (AvgIpc) is 2.39. The lowest BCUT2D eigenvalue weighted by atomic mass is 9.94. The molecule has 1 aromatic carbocycles. The SMILES string of the molecule is CCCNC1CCOC(c2cc(F)ccc2C)C1. The van der Waals surface area contributed by atoms with Gasteiger partial charge in [0.1, 0.15) is 5.82 Å². The van der Waals surface area contributed by atoms with Crippen LogP contribution < -0.4 is 5.32 Å². The van der Waals surface area contributed by atoms with E-state index in [1.165, 1.54) is 6.07 Å². The van der Waals surface area contributed by atoms with E-state index in [0.717, 1.165) is 43.5 Å². The Kier molecular flexibility index (Phi) is 4.72. The van der Waals surface area contributed by atoms with Gasteiger partial charge in [-0.1, -0.05) is 13.0 Å². The molecule has 1 N–H and O–H groups in total. The minimum absolute atomic E-state index is 0.0313. The molecule has 1 aliphatic heterocycles. The Balaban J connectivity index is 2.05. The molecule has 0 radical (unpaired) electrons. The first kappa shape index (κ1) is 13.5. The van der Waals surface area contributed by atoms with E-state index in [1.54, 1.807) is 6.07 Å². The Morgan fingerprint density at radius 1 is 1.44 bits per heavy atom. The molecule has 0 bridgehead atoms. The van der Waals surface area contributed by atoms with Crippen LogP contribution in [0.15, 0.2) is 18.2 Å². The van der Waals surface area contributed by atoms with Gasteiger partial charge in [0.2, 0.25) is 0 Å². The first-order valence-corrected chi connectivity index (χ1v) is 6.81. The summed E-state index contributed by atoms with van der Waals surface area (Å²) in [6.45, 7) is 5.98. The van der Waals surface area contributed by atoms with E-state index < -0.39 is 0 Å². The van der Waals surface area contributed by atoms with Crippen LogP contribution in [0.25, 0.3) is 0 Å². The van der Waals surface area contributed by atoms with E-state index in [9.17, 15) is 4.39 Å². The van der Waals surface area contributed by atoms with Crippen molar-refractivity contribution < 1.29 is 9.13 Å². The number of nitrogens with one attached hydrogen (secondary N) is 1. The lowest BCUT2D eigenvalue weighted by Crippen LogP contribution is -2.36. The van der Waals surface area contributed by atoms with Gasteiger partial charge in [-0.15, -0.1) is 0 Å². The molecule has 2 atom stereocenters. The molecule has 0 aromatic heterocycles. The van der Waals surface area contributed by atoms with E-state index in [4.69, 9.17) is 4.74 Å². The zero-order chi connectivity index (χ0) is 13.0. The molecule has 1 aliphatic rings. The van der Waals surface area contributed by atoms with E-state index >= 15 is 0 Å². The zero-order valence-electron chi connectivity index (χ0n) is 11.2. The fraction of sp³-hybridized carbons (Fsp3) is 0.600. The summed E-state index contributed by atoms with van der Waals surface area (Å²) < 4.78 is 19.1. The molecule has 18 heavy (non-hydrogen) atoms. The summed E-state index contributed by atoms with van der Waals surface area (Å²) in [4.78, 5) is 0. The summed E-state index contributed by atoms with van der Waals surface area (Å²) in [7, 11) is 0. The van der Waals surface area contributed by atoms with E-state index in [1.807, 2.05) is 13.0 Å². The molecule has 2 unspecified atom stereocenters. The van der Waals surface area contributed by atoms with Crippen molar-refractivity contribution in [2.45, 2.75) is 45.3 Å². The van der Waals surface area contributed by atoms with Crippen LogP contribution in [-0.2, 0) is 4.74 Å². The molecule has 1 heterocycles. The van der Waals surface area contributed by atoms with Gasteiger partial charge in [0, 0.05) is 12.6 Å². The van der Waals surface area contributed by atoms with Gasteiger partial charge in [-0.25, -0.2) is 4.39 Å². The summed E-state index contributed by atoms with van der Waals surface area (Å²) in [5, 5.41) is 3.53. The predicted molar refractivity (Wildman–Crippen MR) is 71.1 cm³/mol. The highest BCUT2D eigenvalue weighted by atomic mass is 19.1. The first-order chi connectivity index (χ1) is 8.70. The highest BCUT2D eigenvalue weighted by Gasteiger charge is 2.24. The third-order valence-electron chi connectivity index (χ3n) is 3.56. The summed E-state index contributed by atoms with van der Waals surface area (Å²) in [6, 6.07) is 5.44. The highest BCUT2D eigenvalue weighted by molar-refractivity contribution is 5.29. The smallest absolute Gasteiger partial charge is 0.123 e. The molecule has 100 valence electrons. The first-order valence-electron chi connectivity index (χ1n) is 6.81. The summed E-state index contributed by atoms with van der Waals surface area (Å²) in [6.07, 6.45) is 3.15. The minimum atomic E-state index is -0.178. The van der Waals surface area contributed by atoms with Crippen molar-refractivity contribution >= 4 is 0 Å². The zero-order valence-corrected chi connectivity index (χ0v) is 11.2. The van der Waals surface area contributed by atoms with Crippen molar-refractivity contribution in [3.8, 4) is 0 Å². The second kappa shape index (κ2) is 6.30. The summed E-state index contributed by atoms with van der Waals surface area (Å²) in [5.74, 6) is -0.178. The molecule has 0 aliphatic carbocycles. The highest BCUT2D eigenvalue weighted by Crippen LogP contribution is 2.30. The third-order valence-corrected chi connectivity index (χ3v) is 3.56. The number of aryl methyl sites for hydroxylation is 1. The Hall–Kier alpha value is -0.930. The number of hydrogen-bond donors (Lipinski definition) is 1. The van der Waals surface area contributed by atoms with Crippen LogP contribution in [0.4, 0.5) is 4.39 Å². The van der Waals surface area contributed by atoms with Gasteiger partial charge in [-0.05, 0) is 56.0 Å². The maximum atomic E-state index is 13.3. The molecule has 1 saturated heterocycles. The topological polar surface area (TPSA) is 21.3 Å². The quantitative estimate of drug-likeness (QED) is 0.886. The average molecular weight is 251 g/mol. The monoisotopic (exact) mass is 251 g/mol. The fourth-order valence-corrected chi connectivity index (χ4v) is 2.51. The molecular formula is C15H22FNO. The van der Waals surface area contributed by atoms with Gasteiger partial charge in [0.05, 0.1) is 6.10 Å². The Bertz CT molecular complexity index is 394. The molecule has 0 saturated carbocycles. The Morgan fingerprint density at radius 3 is 3.06 bits per heavy atom. The van der Waals surface area contributed by atoms with Crippen molar-refractivity contribution in [2.75, 3.05) is 13.2 Å². The van der Waals surface area contributed by atoms with E-state index in [-0.39, 0.29) is 11.9 Å². The van der Waals surface area contributed by atoms with Crippen LogP contribution in [0, 0.1) is 12.7 Å². The number of halogens is 1. The second-order valence-corrected chi connectivity index (χ2v) is 5.04. The molecule has 0 amide bonds. The standard InChI is InChI=1S/C15H22FNO/c1-3-7-17-13-6-8-18-15(10-13)14-9-12(16)5-4-11(14)2/h4-5,9,13,15,17H,3,6-8,10H2,1-2H3. The normalized spacial score (nSPS) is 24.2. The second-order valence-electron chi connectivity index (χ2n) is 5.04. The molecule has 1 aromatic rings. The van der Waals surface area contributed by atoms with Crippen LogP contribution in [0.5, 0.6) is 0 Å². The molecule has 1 fully saturated rings. The molecule has 2 nitrogen and oxygen atoms in total. The van der Waals surface area contributed by atoms with Crippen molar-refractivity contribution in [1.29, 1.82) is 0 Å². The largest absolute Gasteiger partial charge is 0.373 e. The number of benzene rings is 1. The lowest BCUT2D eigenvalue weighted by Gasteiger charge is -2.31. The van der Waals surface area contributed by atoms with Crippen molar-refractivity contribution in [3.05, 3.63) is 35.1 Å². The van der Waals surface area contributed by atoms with Crippen LogP contribution in [0.1, 0.15) is 43.4 Å². The van der Waals surface area contributed by atoms with Crippen LogP contribution in [0.2, 0.25) is 0 Å². The number of rotatable bonds is 4. The van der Waals surface area contributed by atoms with E-state index in [0.29, 0.717) is 6.04 Å². The molecular weight excluding hydrogens is 229 g/mol. The van der Waals surface area contributed by atoms with Gasteiger partial charge >= 0.3 is 0 Å².